The van der Waals surface area contributed by atoms with Crippen molar-refractivity contribution in [2.24, 2.45) is 10.5 Å². The Morgan fingerprint density at radius 3 is 2.50 bits per heavy atom. The predicted molar refractivity (Wildman–Crippen MR) is 144 cm³/mol. The highest BCUT2D eigenvalue weighted by Crippen LogP contribution is 2.32. The van der Waals surface area contributed by atoms with Crippen LogP contribution >= 0.6 is 0 Å². The Balaban J connectivity index is 1.46. The molecule has 3 fully saturated rings. The summed E-state index contributed by atoms with van der Waals surface area (Å²) >= 11 is 0. The first kappa shape index (κ1) is 28.1. The maximum Gasteiger partial charge on any atom is 0.251 e. The van der Waals surface area contributed by atoms with Gasteiger partial charge in [0.15, 0.2) is 5.78 Å². The van der Waals surface area contributed by atoms with Gasteiger partial charge in [0.05, 0.1) is 12.1 Å². The first-order valence-electron chi connectivity index (χ1n) is 13.7. The molecule has 0 spiro atoms. The lowest BCUT2D eigenvalue weighted by atomic mass is 9.87. The van der Waals surface area contributed by atoms with E-state index in [2.05, 4.69) is 27.2 Å². The molecule has 2 amide bonds. The van der Waals surface area contributed by atoms with E-state index in [-0.39, 0.29) is 36.2 Å². The molecule has 0 radical (unpaired) electrons. The minimum Gasteiger partial charge on any atom is -0.367 e. The minimum atomic E-state index is -0.830. The van der Waals surface area contributed by atoms with E-state index >= 15 is 0 Å². The Bertz CT molecular complexity index is 1070. The van der Waals surface area contributed by atoms with Gasteiger partial charge in [0.1, 0.15) is 18.7 Å². The second-order valence-corrected chi connectivity index (χ2v) is 12.0. The molecule has 3 aliphatic heterocycles. The van der Waals surface area contributed by atoms with Crippen molar-refractivity contribution in [1.82, 2.24) is 15.1 Å². The van der Waals surface area contributed by atoms with Crippen LogP contribution in [0.25, 0.3) is 10.4 Å². The maximum absolute atomic E-state index is 13.7. The van der Waals surface area contributed by atoms with Crippen molar-refractivity contribution < 1.29 is 19.1 Å². The lowest BCUT2D eigenvalue weighted by Gasteiger charge is -2.32. The van der Waals surface area contributed by atoms with Crippen molar-refractivity contribution in [3.63, 3.8) is 0 Å². The highest BCUT2D eigenvalue weighted by Gasteiger charge is 2.53. The van der Waals surface area contributed by atoms with Crippen molar-refractivity contribution in [1.29, 1.82) is 0 Å². The van der Waals surface area contributed by atoms with Gasteiger partial charge in [-0.15, -0.1) is 0 Å². The summed E-state index contributed by atoms with van der Waals surface area (Å²) in [7, 11) is 0. The fraction of sp³-hybridized carbons (Fsp3) is 0.679. The number of ether oxygens (including phenoxy) is 1. The van der Waals surface area contributed by atoms with E-state index < -0.39 is 24.2 Å². The smallest absolute Gasteiger partial charge is 0.251 e. The molecule has 4 rings (SSSR count). The molecule has 10 heteroatoms. The lowest BCUT2D eigenvalue weighted by molar-refractivity contribution is -0.138. The van der Waals surface area contributed by atoms with E-state index in [1.165, 1.54) is 16.9 Å². The molecular weight excluding hydrogens is 484 g/mol. The summed E-state index contributed by atoms with van der Waals surface area (Å²) in [6.45, 7) is 11.5. The number of piperidine rings is 1. The second kappa shape index (κ2) is 11.8. The van der Waals surface area contributed by atoms with Crippen LogP contribution in [0.1, 0.15) is 75.2 Å². The van der Waals surface area contributed by atoms with Crippen LogP contribution in [-0.2, 0) is 14.3 Å². The molecule has 38 heavy (non-hydrogen) atoms. The zero-order valence-electron chi connectivity index (χ0n) is 22.9. The van der Waals surface area contributed by atoms with Crippen LogP contribution in [0.5, 0.6) is 0 Å². The number of hydrogen-bond donors (Lipinski definition) is 1. The second-order valence-electron chi connectivity index (χ2n) is 12.0. The number of carbonyl (C=O) groups is 3. The molecule has 206 valence electrons. The standard InChI is InChI=1S/C28H40N6O4/c1-5-12-33-13-10-19(11-14-33)18-6-8-20(9-7-18)26(36)30-21(15-28(2,3)4)27(37)34-16-22(31-32-29)25-24(34)23(35)17-38-25/h6-9,19,21-22,24-25H,5,10-17H2,1-4H3,(H,30,36)/t21-,22-,24+,25+/m0/s1. The van der Waals surface area contributed by atoms with E-state index in [1.807, 2.05) is 45.0 Å². The van der Waals surface area contributed by atoms with Gasteiger partial charge < -0.3 is 19.9 Å². The van der Waals surface area contributed by atoms with Crippen LogP contribution < -0.4 is 5.32 Å². The third-order valence-electron chi connectivity index (χ3n) is 7.83. The van der Waals surface area contributed by atoms with E-state index in [0.717, 1.165) is 32.5 Å². The van der Waals surface area contributed by atoms with Crippen LogP contribution in [0.15, 0.2) is 29.4 Å². The number of nitrogens with zero attached hydrogens (tertiary/aromatic N) is 5. The molecule has 0 aromatic heterocycles. The number of rotatable bonds is 8. The molecule has 1 N–H and O–H groups in total. The van der Waals surface area contributed by atoms with Crippen molar-refractivity contribution in [3.05, 3.63) is 45.8 Å². The Labute approximate surface area is 224 Å². The van der Waals surface area contributed by atoms with Crippen LogP contribution in [0.4, 0.5) is 0 Å². The summed E-state index contributed by atoms with van der Waals surface area (Å²) in [5, 5.41) is 6.69. The number of fused-ring (bicyclic) bond motifs is 1. The normalized spacial score (nSPS) is 25.1. The third-order valence-corrected chi connectivity index (χ3v) is 7.83. The Hall–Kier alpha value is -2.94. The highest BCUT2D eigenvalue weighted by atomic mass is 16.5. The van der Waals surface area contributed by atoms with E-state index in [0.29, 0.717) is 17.9 Å². The van der Waals surface area contributed by atoms with E-state index in [4.69, 9.17) is 10.3 Å². The number of nitrogens with one attached hydrogen (secondary N) is 1. The molecule has 1 aromatic carbocycles. The Morgan fingerprint density at radius 2 is 1.89 bits per heavy atom. The molecule has 3 aliphatic rings. The Morgan fingerprint density at radius 1 is 1.21 bits per heavy atom. The number of azide groups is 1. The number of carbonyl (C=O) groups excluding carboxylic acids is 3. The summed E-state index contributed by atoms with van der Waals surface area (Å²) in [5.41, 5.74) is 10.4. The molecule has 0 unspecified atom stereocenters. The van der Waals surface area contributed by atoms with Gasteiger partial charge in [-0.3, -0.25) is 14.4 Å². The average molecular weight is 525 g/mol. The van der Waals surface area contributed by atoms with Gasteiger partial charge >= 0.3 is 0 Å². The van der Waals surface area contributed by atoms with Crippen LogP contribution in [-0.4, -0.2) is 84.4 Å². The monoisotopic (exact) mass is 524 g/mol. The summed E-state index contributed by atoms with van der Waals surface area (Å²) < 4.78 is 5.55. The van der Waals surface area contributed by atoms with E-state index in [9.17, 15) is 14.4 Å². The number of amides is 2. The molecule has 0 aliphatic carbocycles. The van der Waals surface area contributed by atoms with Gasteiger partial charge in [0.2, 0.25) is 5.91 Å². The van der Waals surface area contributed by atoms with Crippen LogP contribution in [0, 0.1) is 5.41 Å². The van der Waals surface area contributed by atoms with Gasteiger partial charge in [-0.25, -0.2) is 0 Å². The molecule has 1 aromatic rings. The summed E-state index contributed by atoms with van der Waals surface area (Å²) in [6.07, 6.45) is 3.15. The van der Waals surface area contributed by atoms with E-state index in [1.54, 1.807) is 0 Å². The SMILES string of the molecule is CCCN1CCC(c2ccc(C(=O)N[C@@H](CC(C)(C)C)C(=O)N3C[C@H](N=[N+]=[N-])[C@H]4OCC(=O)[C@H]43)cc2)CC1. The third kappa shape index (κ3) is 6.37. The van der Waals surface area contributed by atoms with Crippen molar-refractivity contribution >= 4 is 17.6 Å². The molecular formula is C28H40N6O4. The zero-order valence-corrected chi connectivity index (χ0v) is 22.9. The van der Waals surface area contributed by atoms with Gasteiger partial charge in [-0.1, -0.05) is 44.9 Å². The van der Waals surface area contributed by atoms with Gasteiger partial charge in [-0.2, -0.15) is 0 Å². The highest BCUT2D eigenvalue weighted by molar-refractivity contribution is 5.99. The number of hydrogen-bond acceptors (Lipinski definition) is 6. The summed E-state index contributed by atoms with van der Waals surface area (Å²) in [6, 6.07) is 5.47. The largest absolute Gasteiger partial charge is 0.367 e. The Kier molecular flexibility index (Phi) is 8.75. The minimum absolute atomic E-state index is 0.0895. The molecule has 3 saturated heterocycles. The summed E-state index contributed by atoms with van der Waals surface area (Å²) in [5.74, 6) is -0.397. The van der Waals surface area contributed by atoms with Crippen molar-refractivity contribution in [2.75, 3.05) is 32.8 Å². The van der Waals surface area contributed by atoms with Gasteiger partial charge in [0.25, 0.3) is 5.91 Å². The maximum atomic E-state index is 13.7. The first-order chi connectivity index (χ1) is 18.1. The predicted octanol–water partition coefficient (Wildman–Crippen LogP) is 3.67. The lowest BCUT2D eigenvalue weighted by Crippen LogP contribution is -2.53. The fourth-order valence-electron chi connectivity index (χ4n) is 5.99. The average Bonchev–Trinajstić information content (AvgIpc) is 3.44. The molecule has 4 atom stereocenters. The molecule has 0 bridgehead atoms. The number of Topliss-reactive ketones (excluding diaryl/α,β-unsaturated/α-hetero) is 1. The number of ketones is 1. The zero-order chi connectivity index (χ0) is 27.4. The number of benzene rings is 1. The molecule has 3 heterocycles. The van der Waals surface area contributed by atoms with Crippen LogP contribution in [0.2, 0.25) is 0 Å². The summed E-state index contributed by atoms with van der Waals surface area (Å²) in [4.78, 5) is 46.3. The van der Waals surface area contributed by atoms with Crippen molar-refractivity contribution in [3.8, 4) is 0 Å². The molecule has 10 nitrogen and oxygen atoms in total. The van der Waals surface area contributed by atoms with Crippen molar-refractivity contribution in [2.45, 2.75) is 83.5 Å². The fourth-order valence-corrected chi connectivity index (χ4v) is 5.99. The van der Waals surface area contributed by atoms with Gasteiger partial charge in [0, 0.05) is 17.0 Å². The van der Waals surface area contributed by atoms with Crippen LogP contribution in [0.3, 0.4) is 0 Å². The topological polar surface area (TPSA) is 128 Å². The molecule has 0 saturated carbocycles. The van der Waals surface area contributed by atoms with Gasteiger partial charge in [-0.05, 0) is 79.9 Å². The quantitative estimate of drug-likeness (QED) is 0.315. The first-order valence-corrected chi connectivity index (χ1v) is 13.7. The number of likely N-dealkylation sites (tertiary alicyclic amines) is 2.